The molecule has 0 aromatic carbocycles. The maximum atomic E-state index is 11.4. The van der Waals surface area contributed by atoms with Crippen molar-refractivity contribution in [3.63, 3.8) is 0 Å². The van der Waals surface area contributed by atoms with E-state index >= 15 is 0 Å². The van der Waals surface area contributed by atoms with Crippen molar-refractivity contribution in [3.8, 4) is 5.88 Å². The zero-order chi connectivity index (χ0) is 13.4. The van der Waals surface area contributed by atoms with E-state index < -0.39 is 0 Å². The molecule has 0 bridgehead atoms. The smallest absolute Gasteiger partial charge is 0.221 e. The van der Waals surface area contributed by atoms with Crippen LogP contribution >= 0.6 is 0 Å². The van der Waals surface area contributed by atoms with Crippen LogP contribution in [0.25, 0.3) is 0 Å². The van der Waals surface area contributed by atoms with Gasteiger partial charge in [-0.05, 0) is 13.3 Å². The maximum absolute atomic E-state index is 11.4. The Morgan fingerprint density at radius 2 is 2.17 bits per heavy atom. The lowest BCUT2D eigenvalue weighted by Gasteiger charge is -2.10. The fraction of sp³-hybridized carbons (Fsp3) is 0.583. The van der Waals surface area contributed by atoms with Crippen LogP contribution in [0.2, 0.25) is 0 Å². The van der Waals surface area contributed by atoms with Crippen molar-refractivity contribution in [2.24, 2.45) is 0 Å². The molecule has 0 radical (unpaired) electrons. The third-order valence-corrected chi connectivity index (χ3v) is 2.45. The highest BCUT2D eigenvalue weighted by atomic mass is 16.5. The molecule has 1 aromatic rings. The third-order valence-electron chi connectivity index (χ3n) is 2.45. The molecule has 0 aliphatic heterocycles. The molecule has 1 heterocycles. The minimum Gasteiger partial charge on any atom is -0.481 e. The number of rotatable bonds is 7. The van der Waals surface area contributed by atoms with Gasteiger partial charge >= 0.3 is 0 Å². The van der Waals surface area contributed by atoms with Crippen LogP contribution in [0.15, 0.2) is 6.33 Å². The van der Waals surface area contributed by atoms with Gasteiger partial charge in [-0.1, -0.05) is 6.92 Å². The average Bonchev–Trinajstić information content (AvgIpc) is 2.38. The van der Waals surface area contributed by atoms with E-state index in [0.717, 1.165) is 18.5 Å². The van der Waals surface area contributed by atoms with Crippen LogP contribution in [-0.4, -0.2) is 36.1 Å². The van der Waals surface area contributed by atoms with Crippen molar-refractivity contribution in [3.05, 3.63) is 11.9 Å². The van der Waals surface area contributed by atoms with E-state index in [1.807, 2.05) is 13.8 Å². The Morgan fingerprint density at radius 1 is 1.39 bits per heavy atom. The first-order valence-electron chi connectivity index (χ1n) is 6.05. The Bertz CT molecular complexity index is 396. The molecule has 100 valence electrons. The lowest BCUT2D eigenvalue weighted by molar-refractivity contribution is -0.120. The highest BCUT2D eigenvalue weighted by Crippen LogP contribution is 2.19. The summed E-state index contributed by atoms with van der Waals surface area (Å²) in [5.41, 5.74) is 0.842. The Hall–Kier alpha value is -1.85. The van der Waals surface area contributed by atoms with Crippen LogP contribution in [0, 0.1) is 6.92 Å². The van der Waals surface area contributed by atoms with Gasteiger partial charge in [-0.3, -0.25) is 4.79 Å². The van der Waals surface area contributed by atoms with E-state index in [-0.39, 0.29) is 5.91 Å². The first kappa shape index (κ1) is 14.2. The Kier molecular flexibility index (Phi) is 5.90. The SMILES string of the molecule is CCCNC(=O)CCNc1ncnc(OC)c1C. The van der Waals surface area contributed by atoms with Gasteiger partial charge in [0.1, 0.15) is 12.1 Å². The number of anilines is 1. The molecule has 0 atom stereocenters. The van der Waals surface area contributed by atoms with Gasteiger partial charge < -0.3 is 15.4 Å². The van der Waals surface area contributed by atoms with Gasteiger partial charge in [-0.2, -0.15) is 0 Å². The molecule has 0 aliphatic rings. The lowest BCUT2D eigenvalue weighted by atomic mass is 10.3. The number of hydrogen-bond acceptors (Lipinski definition) is 5. The molecule has 0 saturated carbocycles. The molecule has 6 heteroatoms. The summed E-state index contributed by atoms with van der Waals surface area (Å²) in [6, 6.07) is 0. The molecular formula is C12H20N4O2. The lowest BCUT2D eigenvalue weighted by Crippen LogP contribution is -2.26. The van der Waals surface area contributed by atoms with Crippen LogP contribution in [-0.2, 0) is 4.79 Å². The molecule has 0 saturated heterocycles. The van der Waals surface area contributed by atoms with Gasteiger partial charge in [0.15, 0.2) is 0 Å². The predicted octanol–water partition coefficient (Wildman–Crippen LogP) is 1.12. The summed E-state index contributed by atoms with van der Waals surface area (Å²) < 4.78 is 5.10. The normalized spacial score (nSPS) is 9.94. The van der Waals surface area contributed by atoms with Crippen molar-refractivity contribution in [2.45, 2.75) is 26.7 Å². The minimum atomic E-state index is 0.0445. The topological polar surface area (TPSA) is 76.1 Å². The number of hydrogen-bond donors (Lipinski definition) is 2. The largest absolute Gasteiger partial charge is 0.481 e. The molecular weight excluding hydrogens is 232 g/mol. The number of carbonyl (C=O) groups is 1. The Morgan fingerprint density at radius 3 is 2.83 bits per heavy atom. The maximum Gasteiger partial charge on any atom is 0.221 e. The summed E-state index contributed by atoms with van der Waals surface area (Å²) in [7, 11) is 1.57. The van der Waals surface area contributed by atoms with E-state index in [1.165, 1.54) is 6.33 Å². The number of aromatic nitrogens is 2. The van der Waals surface area contributed by atoms with Gasteiger partial charge in [0.25, 0.3) is 0 Å². The standard InChI is InChI=1S/C12H20N4O2/c1-4-6-13-10(17)5-7-14-11-9(2)12(18-3)16-8-15-11/h8H,4-7H2,1-3H3,(H,13,17)(H,14,15,16). The predicted molar refractivity (Wildman–Crippen MR) is 69.7 cm³/mol. The fourth-order valence-electron chi connectivity index (χ4n) is 1.47. The summed E-state index contributed by atoms with van der Waals surface area (Å²) in [6.07, 6.45) is 2.80. The summed E-state index contributed by atoms with van der Waals surface area (Å²) in [4.78, 5) is 19.5. The molecule has 0 aliphatic carbocycles. The number of carbonyl (C=O) groups excluding carboxylic acids is 1. The molecule has 1 aromatic heterocycles. The van der Waals surface area contributed by atoms with Crippen molar-refractivity contribution < 1.29 is 9.53 Å². The zero-order valence-electron chi connectivity index (χ0n) is 11.1. The molecule has 0 fully saturated rings. The molecule has 2 N–H and O–H groups in total. The molecule has 1 amide bonds. The van der Waals surface area contributed by atoms with E-state index in [0.29, 0.717) is 24.7 Å². The van der Waals surface area contributed by atoms with Crippen molar-refractivity contribution in [2.75, 3.05) is 25.5 Å². The monoisotopic (exact) mass is 252 g/mol. The third kappa shape index (κ3) is 4.20. The molecule has 6 nitrogen and oxygen atoms in total. The highest BCUT2D eigenvalue weighted by molar-refractivity contribution is 5.76. The fourth-order valence-corrected chi connectivity index (χ4v) is 1.47. The second-order valence-electron chi connectivity index (χ2n) is 3.88. The summed E-state index contributed by atoms with van der Waals surface area (Å²) >= 11 is 0. The Labute approximate surface area is 107 Å². The van der Waals surface area contributed by atoms with Gasteiger partial charge in [-0.15, -0.1) is 0 Å². The first-order chi connectivity index (χ1) is 8.69. The second-order valence-corrected chi connectivity index (χ2v) is 3.88. The van der Waals surface area contributed by atoms with Crippen LogP contribution in [0.1, 0.15) is 25.3 Å². The van der Waals surface area contributed by atoms with Crippen LogP contribution in [0.4, 0.5) is 5.82 Å². The second kappa shape index (κ2) is 7.47. The van der Waals surface area contributed by atoms with Gasteiger partial charge in [-0.25, -0.2) is 9.97 Å². The van der Waals surface area contributed by atoms with Crippen molar-refractivity contribution in [1.82, 2.24) is 15.3 Å². The first-order valence-corrected chi connectivity index (χ1v) is 6.05. The van der Waals surface area contributed by atoms with Crippen molar-refractivity contribution >= 4 is 11.7 Å². The van der Waals surface area contributed by atoms with Gasteiger partial charge in [0, 0.05) is 19.5 Å². The summed E-state index contributed by atoms with van der Waals surface area (Å²) in [5, 5.41) is 5.92. The van der Waals surface area contributed by atoms with Crippen LogP contribution in [0.5, 0.6) is 5.88 Å². The number of nitrogens with one attached hydrogen (secondary N) is 2. The van der Waals surface area contributed by atoms with Crippen LogP contribution < -0.4 is 15.4 Å². The minimum absolute atomic E-state index is 0.0445. The number of methoxy groups -OCH3 is 1. The van der Waals surface area contributed by atoms with E-state index in [1.54, 1.807) is 7.11 Å². The average molecular weight is 252 g/mol. The van der Waals surface area contributed by atoms with E-state index in [2.05, 4.69) is 20.6 Å². The number of nitrogens with zero attached hydrogens (tertiary/aromatic N) is 2. The van der Waals surface area contributed by atoms with E-state index in [9.17, 15) is 4.79 Å². The van der Waals surface area contributed by atoms with Gasteiger partial charge in [0.2, 0.25) is 11.8 Å². The molecule has 1 rings (SSSR count). The van der Waals surface area contributed by atoms with Gasteiger partial charge in [0.05, 0.1) is 12.7 Å². The summed E-state index contributed by atoms with van der Waals surface area (Å²) in [6.45, 7) is 5.16. The summed E-state index contributed by atoms with van der Waals surface area (Å²) in [5.74, 6) is 1.29. The molecule has 18 heavy (non-hydrogen) atoms. The quantitative estimate of drug-likeness (QED) is 0.760. The van der Waals surface area contributed by atoms with Crippen LogP contribution in [0.3, 0.4) is 0 Å². The van der Waals surface area contributed by atoms with E-state index in [4.69, 9.17) is 4.74 Å². The molecule has 0 unspecified atom stereocenters. The van der Waals surface area contributed by atoms with Crippen molar-refractivity contribution in [1.29, 1.82) is 0 Å². The number of amides is 1. The Balaban J connectivity index is 2.42. The number of ether oxygens (including phenoxy) is 1. The highest BCUT2D eigenvalue weighted by Gasteiger charge is 2.07. The molecule has 0 spiro atoms. The zero-order valence-corrected chi connectivity index (χ0v) is 11.1.